The highest BCUT2D eigenvalue weighted by Gasteiger charge is 2.10. The van der Waals surface area contributed by atoms with E-state index in [0.717, 1.165) is 5.17 Å². The standard InChI is InChI=1S/C14H16N4O3S/c1-15-14(16-2)22-7-11-17-10-6-8(13(20)21-3)4-5-9(10)12(19)18-11/h4-6H,7H2,1-3H3,(H,15,16)(H,17,18,19). The molecule has 0 unspecified atom stereocenters. The number of fused-ring (bicyclic) bond motifs is 1. The lowest BCUT2D eigenvalue weighted by Gasteiger charge is -2.06. The summed E-state index contributed by atoms with van der Waals surface area (Å²) >= 11 is 1.42. The molecule has 0 fully saturated rings. The molecule has 22 heavy (non-hydrogen) atoms. The van der Waals surface area contributed by atoms with Gasteiger partial charge in [-0.25, -0.2) is 9.78 Å². The summed E-state index contributed by atoms with van der Waals surface area (Å²) in [5.41, 5.74) is 0.580. The molecule has 7 nitrogen and oxygen atoms in total. The fourth-order valence-corrected chi connectivity index (χ4v) is 2.57. The lowest BCUT2D eigenvalue weighted by atomic mass is 10.1. The Morgan fingerprint density at radius 1 is 1.50 bits per heavy atom. The maximum Gasteiger partial charge on any atom is 0.337 e. The Bertz CT molecular complexity index is 785. The Labute approximate surface area is 131 Å². The molecule has 1 aromatic heterocycles. The van der Waals surface area contributed by atoms with Crippen molar-refractivity contribution in [2.75, 3.05) is 21.2 Å². The van der Waals surface area contributed by atoms with Gasteiger partial charge in [-0.2, -0.15) is 0 Å². The van der Waals surface area contributed by atoms with Gasteiger partial charge >= 0.3 is 5.97 Å². The number of H-pyrrole nitrogens is 1. The Morgan fingerprint density at radius 2 is 2.27 bits per heavy atom. The largest absolute Gasteiger partial charge is 0.465 e. The Balaban J connectivity index is 2.37. The summed E-state index contributed by atoms with van der Waals surface area (Å²) in [6, 6.07) is 4.66. The number of carbonyl (C=O) groups excluding carboxylic acids is 1. The number of esters is 1. The van der Waals surface area contributed by atoms with E-state index in [2.05, 4.69) is 25.0 Å². The number of rotatable bonds is 3. The minimum atomic E-state index is -0.463. The fourth-order valence-electron chi connectivity index (χ4n) is 1.89. The Kier molecular flexibility index (Phi) is 5.16. The lowest BCUT2D eigenvalue weighted by Crippen LogP contribution is -2.16. The molecule has 0 radical (unpaired) electrons. The van der Waals surface area contributed by atoms with Gasteiger partial charge in [0.05, 0.1) is 29.3 Å². The fraction of sp³-hybridized carbons (Fsp3) is 0.286. The predicted molar refractivity (Wildman–Crippen MR) is 87.4 cm³/mol. The number of hydrogen-bond acceptors (Lipinski definition) is 6. The SMILES string of the molecule is CN=C(NC)SCc1nc2cc(C(=O)OC)ccc2c(=O)[nH]1. The second-order valence-corrected chi connectivity index (χ2v) is 5.27. The number of hydrogen-bond donors (Lipinski definition) is 2. The molecule has 0 bridgehead atoms. The highest BCUT2D eigenvalue weighted by Crippen LogP contribution is 2.14. The van der Waals surface area contributed by atoms with Crippen molar-refractivity contribution in [2.24, 2.45) is 4.99 Å². The van der Waals surface area contributed by atoms with Gasteiger partial charge in [-0.3, -0.25) is 9.79 Å². The minimum absolute atomic E-state index is 0.239. The van der Waals surface area contributed by atoms with Gasteiger partial charge in [-0.15, -0.1) is 0 Å². The van der Waals surface area contributed by atoms with Crippen LogP contribution < -0.4 is 10.9 Å². The Hall–Kier alpha value is -2.35. The first-order chi connectivity index (χ1) is 10.6. The number of aliphatic imine (C=N–C) groups is 1. The molecule has 2 aromatic rings. The summed E-state index contributed by atoms with van der Waals surface area (Å²) in [7, 11) is 4.76. The average molecular weight is 320 g/mol. The van der Waals surface area contributed by atoms with Crippen LogP contribution in [0.1, 0.15) is 16.2 Å². The molecule has 0 aliphatic rings. The molecule has 0 amide bonds. The first-order valence-electron chi connectivity index (χ1n) is 6.47. The number of aromatic nitrogens is 2. The minimum Gasteiger partial charge on any atom is -0.465 e. The van der Waals surface area contributed by atoms with Crippen LogP contribution in [0.4, 0.5) is 0 Å². The zero-order chi connectivity index (χ0) is 16.1. The van der Waals surface area contributed by atoms with Crippen molar-refractivity contribution < 1.29 is 9.53 Å². The molecule has 2 N–H and O–H groups in total. The van der Waals surface area contributed by atoms with Crippen LogP contribution in [0.15, 0.2) is 28.0 Å². The van der Waals surface area contributed by atoms with Crippen molar-refractivity contribution in [1.29, 1.82) is 0 Å². The first kappa shape index (κ1) is 16.0. The van der Waals surface area contributed by atoms with E-state index in [-0.39, 0.29) is 5.56 Å². The second kappa shape index (κ2) is 7.08. The van der Waals surface area contributed by atoms with Gasteiger partial charge in [0.1, 0.15) is 5.82 Å². The third-order valence-electron chi connectivity index (χ3n) is 2.94. The van der Waals surface area contributed by atoms with Crippen molar-refractivity contribution in [1.82, 2.24) is 15.3 Å². The molecule has 0 spiro atoms. The van der Waals surface area contributed by atoms with Gasteiger partial charge in [-0.05, 0) is 18.2 Å². The molecule has 116 valence electrons. The number of aromatic amines is 1. The molecule has 1 heterocycles. The highest BCUT2D eigenvalue weighted by atomic mass is 32.2. The van der Waals surface area contributed by atoms with Gasteiger partial charge in [0.2, 0.25) is 0 Å². The van der Waals surface area contributed by atoms with Crippen LogP contribution in [0.5, 0.6) is 0 Å². The van der Waals surface area contributed by atoms with Crippen molar-refractivity contribution in [3.63, 3.8) is 0 Å². The highest BCUT2D eigenvalue weighted by molar-refractivity contribution is 8.13. The van der Waals surface area contributed by atoms with E-state index in [9.17, 15) is 9.59 Å². The quantitative estimate of drug-likeness (QED) is 0.500. The van der Waals surface area contributed by atoms with Crippen molar-refractivity contribution in [2.45, 2.75) is 5.75 Å². The smallest absolute Gasteiger partial charge is 0.337 e. The van der Waals surface area contributed by atoms with Crippen molar-refractivity contribution in [3.05, 3.63) is 39.9 Å². The second-order valence-electron chi connectivity index (χ2n) is 4.30. The third kappa shape index (κ3) is 3.45. The number of benzene rings is 1. The maximum atomic E-state index is 12.1. The van der Waals surface area contributed by atoms with Gasteiger partial charge < -0.3 is 15.0 Å². The molecular formula is C14H16N4O3S. The van der Waals surface area contributed by atoms with E-state index < -0.39 is 5.97 Å². The molecule has 0 aliphatic carbocycles. The lowest BCUT2D eigenvalue weighted by molar-refractivity contribution is 0.0601. The van der Waals surface area contributed by atoms with Crippen LogP contribution in [0.3, 0.4) is 0 Å². The van der Waals surface area contributed by atoms with E-state index >= 15 is 0 Å². The summed E-state index contributed by atoms with van der Waals surface area (Å²) in [6.45, 7) is 0. The Morgan fingerprint density at radius 3 is 2.91 bits per heavy atom. The molecule has 0 aliphatic heterocycles. The van der Waals surface area contributed by atoms with Crippen molar-refractivity contribution in [3.8, 4) is 0 Å². The zero-order valence-electron chi connectivity index (χ0n) is 12.5. The summed E-state index contributed by atoms with van der Waals surface area (Å²) in [4.78, 5) is 34.8. The molecule has 0 saturated heterocycles. The number of methoxy groups -OCH3 is 1. The number of nitrogens with one attached hydrogen (secondary N) is 2. The number of ether oxygens (including phenoxy) is 1. The van der Waals surface area contributed by atoms with Gasteiger partial charge in [0, 0.05) is 14.1 Å². The maximum absolute atomic E-state index is 12.1. The average Bonchev–Trinajstić information content (AvgIpc) is 2.54. The van der Waals surface area contributed by atoms with E-state index in [1.807, 2.05) is 0 Å². The summed E-state index contributed by atoms with van der Waals surface area (Å²) < 4.78 is 4.67. The molecular weight excluding hydrogens is 304 g/mol. The van der Waals surface area contributed by atoms with Gasteiger partial charge in [-0.1, -0.05) is 11.8 Å². The summed E-state index contributed by atoms with van der Waals surface area (Å²) in [5.74, 6) is 0.512. The number of carbonyl (C=O) groups is 1. The van der Waals surface area contributed by atoms with Gasteiger partial charge in [0.15, 0.2) is 5.17 Å². The summed E-state index contributed by atoms with van der Waals surface area (Å²) in [5, 5.41) is 4.11. The zero-order valence-corrected chi connectivity index (χ0v) is 13.3. The normalized spacial score (nSPS) is 11.5. The summed E-state index contributed by atoms with van der Waals surface area (Å²) in [6.07, 6.45) is 0. The van der Waals surface area contributed by atoms with E-state index in [1.165, 1.54) is 18.9 Å². The monoisotopic (exact) mass is 320 g/mol. The van der Waals surface area contributed by atoms with Crippen LogP contribution in [0.2, 0.25) is 0 Å². The van der Waals surface area contributed by atoms with Gasteiger partial charge in [0.25, 0.3) is 5.56 Å². The third-order valence-corrected chi connectivity index (χ3v) is 4.02. The van der Waals surface area contributed by atoms with E-state index in [4.69, 9.17) is 0 Å². The molecule has 2 rings (SSSR count). The van der Waals surface area contributed by atoms with Crippen LogP contribution in [-0.2, 0) is 10.5 Å². The topological polar surface area (TPSA) is 96.4 Å². The van der Waals surface area contributed by atoms with Crippen LogP contribution in [0.25, 0.3) is 10.9 Å². The molecule has 8 heteroatoms. The molecule has 0 atom stereocenters. The van der Waals surface area contributed by atoms with Crippen molar-refractivity contribution >= 4 is 33.8 Å². The molecule has 0 saturated carbocycles. The number of thioether (sulfide) groups is 1. The van der Waals surface area contributed by atoms with Crippen LogP contribution >= 0.6 is 11.8 Å². The number of amidine groups is 1. The predicted octanol–water partition coefficient (Wildman–Crippen LogP) is 1.15. The number of nitrogens with zero attached hydrogens (tertiary/aromatic N) is 2. The van der Waals surface area contributed by atoms with Crippen LogP contribution in [-0.4, -0.2) is 42.3 Å². The van der Waals surface area contributed by atoms with Crippen LogP contribution in [0, 0.1) is 0 Å². The molecule has 1 aromatic carbocycles. The van der Waals surface area contributed by atoms with E-state index in [1.54, 1.807) is 32.3 Å². The van der Waals surface area contributed by atoms with E-state index in [0.29, 0.717) is 28.0 Å². The first-order valence-corrected chi connectivity index (χ1v) is 7.46.